The van der Waals surface area contributed by atoms with Gasteiger partial charge in [0.1, 0.15) is 5.52 Å². The highest BCUT2D eigenvalue weighted by molar-refractivity contribution is 6.30. The SMILES string of the molecule is NC(=O)[C@H]1CC[C@@H](n2c(Nc3ccc(Cl)c(F)c3F)nc3cnc(NC4CC(F)(F)C4)nc32)CC1. The van der Waals surface area contributed by atoms with E-state index in [9.17, 15) is 22.4 Å². The molecule has 1 amide bonds. The number of imidazole rings is 1. The Balaban J connectivity index is 1.51. The van der Waals surface area contributed by atoms with Gasteiger partial charge in [0.25, 0.3) is 5.92 Å². The van der Waals surface area contributed by atoms with E-state index in [2.05, 4.69) is 25.6 Å². The van der Waals surface area contributed by atoms with Crippen molar-refractivity contribution in [3.8, 4) is 0 Å². The van der Waals surface area contributed by atoms with Gasteiger partial charge in [-0.25, -0.2) is 27.5 Å². The summed E-state index contributed by atoms with van der Waals surface area (Å²) in [6.45, 7) is 0. The average molecular weight is 512 g/mol. The van der Waals surface area contributed by atoms with Crippen molar-refractivity contribution in [1.29, 1.82) is 0 Å². The van der Waals surface area contributed by atoms with Crippen LogP contribution in [0.3, 0.4) is 0 Å². The van der Waals surface area contributed by atoms with E-state index < -0.39 is 23.6 Å². The third kappa shape index (κ3) is 4.58. The van der Waals surface area contributed by atoms with E-state index in [0.29, 0.717) is 36.8 Å². The molecule has 2 fully saturated rings. The van der Waals surface area contributed by atoms with Crippen LogP contribution in [0.15, 0.2) is 18.3 Å². The minimum Gasteiger partial charge on any atom is -0.369 e. The highest BCUT2D eigenvalue weighted by atomic mass is 35.5. The maximum Gasteiger partial charge on any atom is 0.252 e. The summed E-state index contributed by atoms with van der Waals surface area (Å²) in [7, 11) is 0. The van der Waals surface area contributed by atoms with E-state index in [1.165, 1.54) is 18.3 Å². The summed E-state index contributed by atoms with van der Waals surface area (Å²) in [5.41, 5.74) is 6.07. The molecule has 0 saturated heterocycles. The van der Waals surface area contributed by atoms with Crippen LogP contribution in [0, 0.1) is 17.6 Å². The number of halogens is 5. The lowest BCUT2D eigenvalue weighted by molar-refractivity contribution is -0.122. The number of carbonyl (C=O) groups is 1. The van der Waals surface area contributed by atoms with Gasteiger partial charge < -0.3 is 16.4 Å². The monoisotopic (exact) mass is 511 g/mol. The van der Waals surface area contributed by atoms with E-state index in [1.807, 2.05) is 0 Å². The molecule has 0 atom stereocenters. The number of aromatic nitrogens is 4. The topological polar surface area (TPSA) is 111 Å². The first-order valence-corrected chi connectivity index (χ1v) is 11.6. The fraction of sp³-hybridized carbons (Fsp3) is 0.455. The number of rotatable bonds is 6. The zero-order chi connectivity index (χ0) is 24.9. The molecule has 13 heteroatoms. The third-order valence-corrected chi connectivity index (χ3v) is 6.89. The first-order chi connectivity index (χ1) is 16.6. The lowest BCUT2D eigenvalue weighted by Crippen LogP contribution is -2.44. The Labute approximate surface area is 202 Å². The van der Waals surface area contributed by atoms with Crippen LogP contribution in [0.2, 0.25) is 5.02 Å². The van der Waals surface area contributed by atoms with E-state index in [0.717, 1.165) is 0 Å². The number of fused-ring (bicyclic) bond motifs is 1. The van der Waals surface area contributed by atoms with Crippen LogP contribution in [0.25, 0.3) is 11.2 Å². The van der Waals surface area contributed by atoms with Crippen molar-refractivity contribution in [2.45, 2.75) is 56.5 Å². The number of nitrogens with one attached hydrogen (secondary N) is 2. The molecule has 5 rings (SSSR count). The number of anilines is 3. The van der Waals surface area contributed by atoms with Gasteiger partial charge in [0.2, 0.25) is 17.8 Å². The smallest absolute Gasteiger partial charge is 0.252 e. The first-order valence-electron chi connectivity index (χ1n) is 11.2. The number of hydrogen-bond acceptors (Lipinski definition) is 6. The molecule has 0 spiro atoms. The predicted molar refractivity (Wildman–Crippen MR) is 122 cm³/mol. The second kappa shape index (κ2) is 8.81. The molecule has 2 saturated carbocycles. The molecular weight excluding hydrogens is 490 g/mol. The Morgan fingerprint density at radius 3 is 2.49 bits per heavy atom. The fourth-order valence-electron chi connectivity index (χ4n) is 4.70. The summed E-state index contributed by atoms with van der Waals surface area (Å²) in [6.07, 6.45) is 3.08. The molecule has 8 nitrogen and oxygen atoms in total. The fourth-order valence-corrected chi connectivity index (χ4v) is 4.85. The number of nitrogens with zero attached hydrogens (tertiary/aromatic N) is 4. The molecule has 35 heavy (non-hydrogen) atoms. The van der Waals surface area contributed by atoms with Crippen LogP contribution >= 0.6 is 11.6 Å². The summed E-state index contributed by atoms with van der Waals surface area (Å²) < 4.78 is 56.8. The molecule has 2 aliphatic rings. The molecule has 0 aliphatic heterocycles. The van der Waals surface area contributed by atoms with E-state index >= 15 is 0 Å². The summed E-state index contributed by atoms with van der Waals surface area (Å²) in [5, 5.41) is 5.38. The Hall–Kier alpha value is -3.15. The lowest BCUT2D eigenvalue weighted by Gasteiger charge is -2.35. The molecule has 2 heterocycles. The summed E-state index contributed by atoms with van der Waals surface area (Å²) in [4.78, 5) is 24.8. The van der Waals surface area contributed by atoms with Crippen LogP contribution in [0.5, 0.6) is 0 Å². The quantitative estimate of drug-likeness (QED) is 0.320. The number of nitrogens with two attached hydrogens (primary N) is 1. The van der Waals surface area contributed by atoms with Gasteiger partial charge in [-0.15, -0.1) is 0 Å². The maximum atomic E-state index is 14.5. The zero-order valence-electron chi connectivity index (χ0n) is 18.4. The van der Waals surface area contributed by atoms with Gasteiger partial charge in [0.05, 0.1) is 16.9 Å². The molecule has 0 bridgehead atoms. The van der Waals surface area contributed by atoms with Crippen molar-refractivity contribution >= 4 is 46.3 Å². The van der Waals surface area contributed by atoms with Crippen LogP contribution in [0.1, 0.15) is 44.6 Å². The van der Waals surface area contributed by atoms with Crippen LogP contribution in [-0.2, 0) is 4.79 Å². The van der Waals surface area contributed by atoms with Crippen molar-refractivity contribution in [1.82, 2.24) is 19.5 Å². The number of hydrogen-bond donors (Lipinski definition) is 3. The van der Waals surface area contributed by atoms with Gasteiger partial charge in [-0.3, -0.25) is 9.36 Å². The molecule has 2 aliphatic carbocycles. The standard InChI is InChI=1S/C22H22ClF4N7O/c23-13-5-6-14(17(25)16(13)24)31-21-32-15-9-29-20(30-11-7-22(26,27)8-11)33-19(15)34(21)12-3-1-10(2-4-12)18(28)35/h5-6,9-12H,1-4,7-8H2,(H2,28,35)(H,31,32)(H,29,30,33)/t10-,12+. The number of benzene rings is 1. The molecule has 0 radical (unpaired) electrons. The van der Waals surface area contributed by atoms with Crippen LogP contribution < -0.4 is 16.4 Å². The van der Waals surface area contributed by atoms with E-state index in [1.54, 1.807) is 4.57 Å². The molecule has 2 aromatic heterocycles. The second-order valence-electron chi connectivity index (χ2n) is 9.07. The van der Waals surface area contributed by atoms with Crippen LogP contribution in [-0.4, -0.2) is 37.4 Å². The first kappa shape index (κ1) is 23.6. The third-order valence-electron chi connectivity index (χ3n) is 6.60. The Bertz CT molecular complexity index is 1280. The normalized spacial score (nSPS) is 22.1. The second-order valence-corrected chi connectivity index (χ2v) is 9.48. The van der Waals surface area contributed by atoms with E-state index in [4.69, 9.17) is 17.3 Å². The van der Waals surface area contributed by atoms with Gasteiger partial charge in [-0.2, -0.15) is 4.98 Å². The summed E-state index contributed by atoms with van der Waals surface area (Å²) in [5.74, 6) is -5.28. The Morgan fingerprint density at radius 1 is 1.11 bits per heavy atom. The van der Waals surface area contributed by atoms with Crippen molar-refractivity contribution < 1.29 is 22.4 Å². The van der Waals surface area contributed by atoms with Gasteiger partial charge in [-0.05, 0) is 37.8 Å². The minimum absolute atomic E-state index is 0.167. The van der Waals surface area contributed by atoms with Gasteiger partial charge >= 0.3 is 0 Å². The number of alkyl halides is 2. The average Bonchev–Trinajstić information content (AvgIpc) is 3.15. The molecule has 4 N–H and O–H groups in total. The number of carbonyl (C=O) groups excluding carboxylic acids is 1. The zero-order valence-corrected chi connectivity index (χ0v) is 19.1. The number of primary amides is 1. The van der Waals surface area contributed by atoms with Gasteiger partial charge in [0, 0.05) is 30.8 Å². The van der Waals surface area contributed by atoms with Crippen molar-refractivity contribution in [3.63, 3.8) is 0 Å². The highest BCUT2D eigenvalue weighted by Crippen LogP contribution is 2.40. The molecular formula is C22H22ClF4N7O. The minimum atomic E-state index is -2.70. The maximum absolute atomic E-state index is 14.5. The van der Waals surface area contributed by atoms with Crippen LogP contribution in [0.4, 0.5) is 35.1 Å². The van der Waals surface area contributed by atoms with Crippen molar-refractivity contribution in [3.05, 3.63) is 35.0 Å². The predicted octanol–water partition coefficient (Wildman–Crippen LogP) is 4.93. The van der Waals surface area contributed by atoms with Crippen molar-refractivity contribution in [2.75, 3.05) is 10.6 Å². The van der Waals surface area contributed by atoms with E-state index in [-0.39, 0.29) is 53.3 Å². The lowest BCUT2D eigenvalue weighted by atomic mass is 9.85. The molecule has 3 aromatic rings. The van der Waals surface area contributed by atoms with Gasteiger partial charge in [0.15, 0.2) is 17.3 Å². The molecule has 0 unspecified atom stereocenters. The molecule has 1 aromatic carbocycles. The number of amides is 1. The summed E-state index contributed by atoms with van der Waals surface area (Å²) in [6, 6.07) is 1.90. The Morgan fingerprint density at radius 2 is 1.83 bits per heavy atom. The molecule has 186 valence electrons. The van der Waals surface area contributed by atoms with Gasteiger partial charge in [-0.1, -0.05) is 11.6 Å². The highest BCUT2D eigenvalue weighted by Gasteiger charge is 2.45. The van der Waals surface area contributed by atoms with Crippen molar-refractivity contribution in [2.24, 2.45) is 11.7 Å². The summed E-state index contributed by atoms with van der Waals surface area (Å²) >= 11 is 5.67. The Kier molecular flexibility index (Phi) is 5.94. The largest absolute Gasteiger partial charge is 0.369 e.